The van der Waals surface area contributed by atoms with Crippen molar-refractivity contribution >= 4 is 0 Å². The van der Waals surface area contributed by atoms with Crippen LogP contribution in [0.1, 0.15) is 92.9 Å². The fraction of sp³-hybridized carbons (Fsp3) is 0.929. The van der Waals surface area contributed by atoms with Gasteiger partial charge in [-0.3, -0.25) is 0 Å². The minimum atomic E-state index is -0.968. The van der Waals surface area contributed by atoms with Crippen molar-refractivity contribution in [3.8, 4) is 0 Å². The van der Waals surface area contributed by atoms with Crippen molar-refractivity contribution in [1.29, 1.82) is 0 Å². The standard InChI is InChI=1S/C28H44O4/c1-16-15-28(32-24(16,2)3)27(6,30)23-22(31-28)14-21-19-8-7-17-13-18(29)9-11-25(17,4)20(19)10-12-26(21,23)5/h7,16,18-23,29-30H,8-15H2,1-6H3/t16-,18-,19+,20-,21-,22-,23-,25-,26-,27+,28-/m0/s1. The number of hydrogen-bond donors (Lipinski definition) is 2. The van der Waals surface area contributed by atoms with E-state index in [9.17, 15) is 10.2 Å². The van der Waals surface area contributed by atoms with Crippen molar-refractivity contribution in [3.63, 3.8) is 0 Å². The molecule has 4 aliphatic carbocycles. The number of allylic oxidation sites excluding steroid dienone is 1. The van der Waals surface area contributed by atoms with Gasteiger partial charge in [0.2, 0.25) is 0 Å². The predicted octanol–water partition coefficient (Wildman–Crippen LogP) is 5.22. The molecule has 32 heavy (non-hydrogen) atoms. The van der Waals surface area contributed by atoms with Crippen molar-refractivity contribution in [2.24, 2.45) is 40.4 Å². The maximum absolute atomic E-state index is 12.1. The second-order valence-corrected chi connectivity index (χ2v) is 13.8. The Balaban J connectivity index is 1.33. The van der Waals surface area contributed by atoms with Crippen LogP contribution in [0, 0.1) is 40.4 Å². The Morgan fingerprint density at radius 3 is 2.47 bits per heavy atom. The fourth-order valence-electron chi connectivity index (χ4n) is 9.95. The number of fused-ring (bicyclic) bond motifs is 7. The van der Waals surface area contributed by atoms with E-state index in [0.717, 1.165) is 38.5 Å². The molecule has 2 aliphatic heterocycles. The summed E-state index contributed by atoms with van der Waals surface area (Å²) in [5.74, 6) is 1.59. The minimum absolute atomic E-state index is 0.0891. The largest absolute Gasteiger partial charge is 0.393 e. The van der Waals surface area contributed by atoms with Gasteiger partial charge in [-0.05, 0) is 100 Å². The topological polar surface area (TPSA) is 58.9 Å². The average Bonchev–Trinajstić information content (AvgIpc) is 3.20. The normalized spacial score (nSPS) is 60.5. The van der Waals surface area contributed by atoms with Gasteiger partial charge in [0.15, 0.2) is 5.79 Å². The van der Waals surface area contributed by atoms with Crippen LogP contribution in [0.4, 0.5) is 0 Å². The molecule has 6 aliphatic rings. The average molecular weight is 445 g/mol. The van der Waals surface area contributed by atoms with Crippen molar-refractivity contribution in [1.82, 2.24) is 0 Å². The van der Waals surface area contributed by atoms with Gasteiger partial charge >= 0.3 is 0 Å². The Kier molecular flexibility index (Phi) is 4.42. The van der Waals surface area contributed by atoms with Crippen molar-refractivity contribution in [3.05, 3.63) is 11.6 Å². The first-order chi connectivity index (χ1) is 14.8. The van der Waals surface area contributed by atoms with E-state index >= 15 is 0 Å². The summed E-state index contributed by atoms with van der Waals surface area (Å²) in [4.78, 5) is 0. The van der Waals surface area contributed by atoms with Gasteiger partial charge in [-0.15, -0.1) is 0 Å². The summed E-state index contributed by atoms with van der Waals surface area (Å²) >= 11 is 0. The number of aliphatic hydroxyl groups is 2. The van der Waals surface area contributed by atoms with Crippen LogP contribution in [0.5, 0.6) is 0 Å². The molecule has 1 spiro atoms. The molecule has 5 fully saturated rings. The molecule has 180 valence electrons. The summed E-state index contributed by atoms with van der Waals surface area (Å²) in [7, 11) is 0. The predicted molar refractivity (Wildman–Crippen MR) is 124 cm³/mol. The lowest BCUT2D eigenvalue weighted by molar-refractivity contribution is -0.298. The molecule has 2 saturated heterocycles. The second-order valence-electron chi connectivity index (χ2n) is 13.8. The fourth-order valence-corrected chi connectivity index (χ4v) is 9.95. The minimum Gasteiger partial charge on any atom is -0.393 e. The summed E-state index contributed by atoms with van der Waals surface area (Å²) in [6.45, 7) is 13.5. The van der Waals surface area contributed by atoms with E-state index in [1.165, 1.54) is 18.4 Å². The summed E-state index contributed by atoms with van der Waals surface area (Å²) in [6.07, 6.45) is 10.7. The highest BCUT2D eigenvalue weighted by atomic mass is 16.7. The first-order valence-electron chi connectivity index (χ1n) is 13.3. The highest BCUT2D eigenvalue weighted by Gasteiger charge is 2.76. The lowest BCUT2D eigenvalue weighted by Crippen LogP contribution is -2.58. The van der Waals surface area contributed by atoms with Gasteiger partial charge in [-0.2, -0.15) is 0 Å². The van der Waals surface area contributed by atoms with Crippen molar-refractivity contribution < 1.29 is 19.7 Å². The smallest absolute Gasteiger partial charge is 0.198 e. The van der Waals surface area contributed by atoms with Crippen LogP contribution >= 0.6 is 0 Å². The number of ether oxygens (including phenoxy) is 2. The van der Waals surface area contributed by atoms with Gasteiger partial charge in [0.05, 0.1) is 17.8 Å². The van der Waals surface area contributed by atoms with Crippen LogP contribution in [0.3, 0.4) is 0 Å². The van der Waals surface area contributed by atoms with Crippen LogP contribution in [-0.4, -0.2) is 39.4 Å². The van der Waals surface area contributed by atoms with Gasteiger partial charge < -0.3 is 19.7 Å². The second kappa shape index (κ2) is 6.42. The van der Waals surface area contributed by atoms with E-state index in [1.54, 1.807) is 0 Å². The lowest BCUT2D eigenvalue weighted by Gasteiger charge is -2.59. The molecule has 0 aromatic heterocycles. The molecule has 11 atom stereocenters. The van der Waals surface area contributed by atoms with Crippen LogP contribution in [0.2, 0.25) is 0 Å². The first-order valence-corrected chi connectivity index (χ1v) is 13.3. The SMILES string of the molecule is C[C@H]1C[C@]2(O[C@H]3C[C@H]4[C@@H]5CC=C6C[C@@H](O)CC[C@]6(C)[C@H]5CC[C@]4(C)[C@H]3[C@@]2(C)O)OC1(C)C. The molecule has 6 rings (SSSR count). The van der Waals surface area contributed by atoms with E-state index in [0.29, 0.717) is 23.7 Å². The molecule has 0 unspecified atom stereocenters. The monoisotopic (exact) mass is 444 g/mol. The molecular formula is C28H44O4. The van der Waals surface area contributed by atoms with E-state index in [2.05, 4.69) is 40.7 Å². The van der Waals surface area contributed by atoms with E-state index < -0.39 is 11.4 Å². The molecule has 0 aromatic rings. The Morgan fingerprint density at radius 1 is 1.03 bits per heavy atom. The summed E-state index contributed by atoms with van der Waals surface area (Å²) in [6, 6.07) is 0. The Bertz CT molecular complexity index is 846. The molecule has 0 bridgehead atoms. The molecule has 0 radical (unpaired) electrons. The van der Waals surface area contributed by atoms with Crippen molar-refractivity contribution in [2.75, 3.05) is 0 Å². The summed E-state index contributed by atoms with van der Waals surface area (Å²) < 4.78 is 13.4. The van der Waals surface area contributed by atoms with Crippen molar-refractivity contribution in [2.45, 2.75) is 122 Å². The van der Waals surface area contributed by atoms with Gasteiger partial charge in [0.1, 0.15) is 5.60 Å². The molecule has 2 heterocycles. The Labute approximate surface area is 194 Å². The highest BCUT2D eigenvalue weighted by molar-refractivity contribution is 5.27. The third-order valence-electron chi connectivity index (χ3n) is 12.0. The zero-order chi connectivity index (χ0) is 22.9. The van der Waals surface area contributed by atoms with Gasteiger partial charge in [0.25, 0.3) is 0 Å². The third kappa shape index (κ3) is 2.54. The van der Waals surface area contributed by atoms with Gasteiger partial charge in [-0.25, -0.2) is 0 Å². The first kappa shape index (κ1) is 22.1. The van der Waals surface area contributed by atoms with E-state index in [1.807, 2.05) is 6.92 Å². The Morgan fingerprint density at radius 2 is 1.78 bits per heavy atom. The van der Waals surface area contributed by atoms with E-state index in [-0.39, 0.29) is 34.6 Å². The molecular weight excluding hydrogens is 400 g/mol. The van der Waals surface area contributed by atoms with Crippen LogP contribution in [-0.2, 0) is 9.47 Å². The highest BCUT2D eigenvalue weighted by Crippen LogP contribution is 2.72. The number of rotatable bonds is 0. The summed E-state index contributed by atoms with van der Waals surface area (Å²) in [5.41, 5.74) is 0.626. The maximum atomic E-state index is 12.1. The molecule has 2 N–H and O–H groups in total. The quantitative estimate of drug-likeness (QED) is 0.503. The van der Waals surface area contributed by atoms with Gasteiger partial charge in [-0.1, -0.05) is 32.4 Å². The maximum Gasteiger partial charge on any atom is 0.198 e. The van der Waals surface area contributed by atoms with Crippen LogP contribution in [0.15, 0.2) is 11.6 Å². The molecule has 4 nitrogen and oxygen atoms in total. The van der Waals surface area contributed by atoms with E-state index in [4.69, 9.17) is 9.47 Å². The third-order valence-corrected chi connectivity index (χ3v) is 12.0. The lowest BCUT2D eigenvalue weighted by atomic mass is 9.46. The van der Waals surface area contributed by atoms with Crippen LogP contribution < -0.4 is 0 Å². The zero-order valence-electron chi connectivity index (χ0n) is 21.0. The molecule has 3 saturated carbocycles. The molecule has 4 heteroatoms. The Hall–Kier alpha value is -0.420. The van der Waals surface area contributed by atoms with Gasteiger partial charge in [0, 0.05) is 12.3 Å². The summed E-state index contributed by atoms with van der Waals surface area (Å²) in [5, 5.41) is 22.4. The van der Waals surface area contributed by atoms with Crippen LogP contribution in [0.25, 0.3) is 0 Å². The number of aliphatic hydroxyl groups excluding tert-OH is 1. The molecule has 0 amide bonds. The number of hydrogen-bond acceptors (Lipinski definition) is 4. The zero-order valence-corrected chi connectivity index (χ0v) is 21.0. The molecule has 0 aromatic carbocycles.